The molecule has 1 aliphatic rings. The van der Waals surface area contributed by atoms with Crippen LogP contribution in [0.25, 0.3) is 0 Å². The van der Waals surface area contributed by atoms with Crippen LogP contribution < -0.4 is 0 Å². The van der Waals surface area contributed by atoms with Gasteiger partial charge in [0.25, 0.3) is 0 Å². The summed E-state index contributed by atoms with van der Waals surface area (Å²) in [6, 6.07) is 0. The van der Waals surface area contributed by atoms with Crippen molar-refractivity contribution < 1.29 is 0 Å². The fourth-order valence-electron chi connectivity index (χ4n) is 1.19. The van der Waals surface area contributed by atoms with Gasteiger partial charge in [-0.25, -0.2) is 0 Å². The molecule has 0 aromatic heterocycles. The van der Waals surface area contributed by atoms with Gasteiger partial charge in [0.1, 0.15) is 0 Å². The Labute approximate surface area is 69.3 Å². The average molecular weight is 148 g/mol. The molecule has 0 saturated heterocycles. The van der Waals surface area contributed by atoms with Crippen LogP contribution in [0.5, 0.6) is 0 Å². The van der Waals surface area contributed by atoms with Crippen molar-refractivity contribution in [3.8, 4) is 0 Å². The lowest BCUT2D eigenvalue weighted by molar-refractivity contribution is 0.796. The van der Waals surface area contributed by atoms with Crippen molar-refractivity contribution in [3.05, 3.63) is 36.0 Å². The fourth-order valence-corrected chi connectivity index (χ4v) is 1.19. The molecule has 0 nitrogen and oxygen atoms in total. The monoisotopic (exact) mass is 148 g/mol. The van der Waals surface area contributed by atoms with Gasteiger partial charge >= 0.3 is 0 Å². The van der Waals surface area contributed by atoms with Gasteiger partial charge in [0.15, 0.2) is 0 Å². The first-order chi connectivity index (χ1) is 5.43. The number of unbranched alkanes of at least 4 members (excludes halogenated alkanes) is 1. The second kappa shape index (κ2) is 4.95. The molecule has 1 aliphatic carbocycles. The van der Waals surface area contributed by atoms with Crippen LogP contribution in [0.2, 0.25) is 0 Å². The van der Waals surface area contributed by atoms with Crippen LogP contribution in [0.3, 0.4) is 0 Å². The second-order valence-corrected chi connectivity index (χ2v) is 2.91. The summed E-state index contributed by atoms with van der Waals surface area (Å²) < 4.78 is 0. The van der Waals surface area contributed by atoms with E-state index in [0.717, 1.165) is 6.42 Å². The number of hydrogen-bond donors (Lipinski definition) is 0. The van der Waals surface area contributed by atoms with Crippen molar-refractivity contribution in [2.75, 3.05) is 0 Å². The Kier molecular flexibility index (Phi) is 3.74. The summed E-state index contributed by atoms with van der Waals surface area (Å²) in [6.45, 7) is 2.24. The van der Waals surface area contributed by atoms with E-state index < -0.39 is 0 Å². The third kappa shape index (κ3) is 3.22. The van der Waals surface area contributed by atoms with Gasteiger partial charge < -0.3 is 0 Å². The smallest absolute Gasteiger partial charge is 0.0160 e. The third-order valence-corrected chi connectivity index (χ3v) is 1.89. The van der Waals surface area contributed by atoms with Crippen molar-refractivity contribution in [1.82, 2.24) is 0 Å². The summed E-state index contributed by atoms with van der Waals surface area (Å²) >= 11 is 0. The number of hydrogen-bond acceptors (Lipinski definition) is 0. The summed E-state index contributed by atoms with van der Waals surface area (Å²) in [6.07, 6.45) is 15.9. The van der Waals surface area contributed by atoms with Gasteiger partial charge in [-0.1, -0.05) is 49.3 Å². The highest BCUT2D eigenvalue weighted by atomic mass is 14.0. The molecule has 0 atom stereocenters. The van der Waals surface area contributed by atoms with Crippen LogP contribution in [0.1, 0.15) is 32.6 Å². The molecule has 60 valence electrons. The molecule has 0 heteroatoms. The van der Waals surface area contributed by atoms with Crippen LogP contribution in [0, 0.1) is 0 Å². The summed E-state index contributed by atoms with van der Waals surface area (Å²) in [4.78, 5) is 0. The first-order valence-electron chi connectivity index (χ1n) is 4.45. The van der Waals surface area contributed by atoms with Crippen molar-refractivity contribution in [1.29, 1.82) is 0 Å². The van der Waals surface area contributed by atoms with E-state index in [4.69, 9.17) is 0 Å². The Morgan fingerprint density at radius 2 is 2.27 bits per heavy atom. The maximum Gasteiger partial charge on any atom is -0.0160 e. The fraction of sp³-hybridized carbons (Fsp3) is 0.455. The Hall–Kier alpha value is -0.780. The molecule has 0 heterocycles. The Balaban J connectivity index is 2.38. The molecular weight excluding hydrogens is 132 g/mol. The summed E-state index contributed by atoms with van der Waals surface area (Å²) in [5.74, 6) is 0. The van der Waals surface area contributed by atoms with Crippen LogP contribution in [-0.2, 0) is 0 Å². The van der Waals surface area contributed by atoms with Crippen molar-refractivity contribution in [3.63, 3.8) is 0 Å². The lowest BCUT2D eigenvalue weighted by atomic mass is 10.1. The molecule has 0 saturated carbocycles. The first kappa shape index (κ1) is 8.32. The summed E-state index contributed by atoms with van der Waals surface area (Å²) in [5, 5.41) is 0. The zero-order valence-electron chi connectivity index (χ0n) is 7.22. The van der Waals surface area contributed by atoms with Crippen LogP contribution in [0.15, 0.2) is 36.0 Å². The van der Waals surface area contributed by atoms with E-state index in [1.807, 2.05) is 0 Å². The van der Waals surface area contributed by atoms with E-state index in [2.05, 4.69) is 37.3 Å². The van der Waals surface area contributed by atoms with Gasteiger partial charge in [0, 0.05) is 0 Å². The van der Waals surface area contributed by atoms with E-state index >= 15 is 0 Å². The van der Waals surface area contributed by atoms with Gasteiger partial charge in [0.05, 0.1) is 0 Å². The van der Waals surface area contributed by atoms with E-state index in [1.165, 1.54) is 24.8 Å². The zero-order chi connectivity index (χ0) is 7.94. The van der Waals surface area contributed by atoms with Crippen LogP contribution in [-0.4, -0.2) is 0 Å². The Morgan fingerprint density at radius 3 is 3.09 bits per heavy atom. The minimum atomic E-state index is 1.10. The molecule has 0 unspecified atom stereocenters. The van der Waals surface area contributed by atoms with Crippen molar-refractivity contribution in [2.45, 2.75) is 32.6 Å². The van der Waals surface area contributed by atoms with Gasteiger partial charge in [-0.05, 0) is 19.3 Å². The lowest BCUT2D eigenvalue weighted by Gasteiger charge is -1.97. The predicted octanol–water partition coefficient (Wildman–Crippen LogP) is 3.62. The minimum Gasteiger partial charge on any atom is -0.0807 e. The molecule has 0 aromatic carbocycles. The quantitative estimate of drug-likeness (QED) is 0.573. The standard InChI is InChI=1S/C11H16/c1-2-3-8-11-9-6-4-5-7-10-11/h4-6,9-10H,2-3,7-8H2,1H3. The largest absolute Gasteiger partial charge is 0.0807 e. The zero-order valence-corrected chi connectivity index (χ0v) is 7.22. The highest BCUT2D eigenvalue weighted by Crippen LogP contribution is 2.12. The van der Waals surface area contributed by atoms with Crippen LogP contribution in [0.4, 0.5) is 0 Å². The maximum atomic E-state index is 2.32. The second-order valence-electron chi connectivity index (χ2n) is 2.91. The molecule has 11 heavy (non-hydrogen) atoms. The molecule has 0 N–H and O–H groups in total. The molecule has 0 aliphatic heterocycles. The minimum absolute atomic E-state index is 1.10. The molecule has 0 bridgehead atoms. The average Bonchev–Trinajstić information content (AvgIpc) is 2.28. The van der Waals surface area contributed by atoms with E-state index in [1.54, 1.807) is 0 Å². The SMILES string of the molecule is CCCCC1=CCC=CC=C1. The highest BCUT2D eigenvalue weighted by molar-refractivity contribution is 5.26. The van der Waals surface area contributed by atoms with E-state index in [-0.39, 0.29) is 0 Å². The number of allylic oxidation sites excluding steroid dienone is 6. The number of rotatable bonds is 3. The van der Waals surface area contributed by atoms with Crippen LogP contribution >= 0.6 is 0 Å². The topological polar surface area (TPSA) is 0 Å². The van der Waals surface area contributed by atoms with Gasteiger partial charge in [0.2, 0.25) is 0 Å². The molecule has 0 radical (unpaired) electrons. The van der Waals surface area contributed by atoms with Gasteiger partial charge in [-0.3, -0.25) is 0 Å². The van der Waals surface area contributed by atoms with Crippen molar-refractivity contribution >= 4 is 0 Å². The molecular formula is C11H16. The first-order valence-corrected chi connectivity index (χ1v) is 4.45. The third-order valence-electron chi connectivity index (χ3n) is 1.89. The lowest BCUT2D eigenvalue weighted by Crippen LogP contribution is -1.77. The summed E-state index contributed by atoms with van der Waals surface area (Å²) in [5.41, 5.74) is 1.50. The molecule has 1 rings (SSSR count). The predicted molar refractivity (Wildman–Crippen MR) is 50.5 cm³/mol. The maximum absolute atomic E-state index is 2.32. The molecule has 0 amide bonds. The molecule has 0 fully saturated rings. The normalized spacial score (nSPS) is 16.3. The molecule has 0 spiro atoms. The van der Waals surface area contributed by atoms with Gasteiger partial charge in [-0.15, -0.1) is 0 Å². The van der Waals surface area contributed by atoms with E-state index in [9.17, 15) is 0 Å². The Bertz CT molecular complexity index is 182. The Morgan fingerprint density at radius 1 is 1.36 bits per heavy atom. The summed E-state index contributed by atoms with van der Waals surface area (Å²) in [7, 11) is 0. The molecule has 0 aromatic rings. The highest BCUT2D eigenvalue weighted by Gasteiger charge is 1.92. The van der Waals surface area contributed by atoms with E-state index in [0.29, 0.717) is 0 Å². The van der Waals surface area contributed by atoms with Gasteiger partial charge in [-0.2, -0.15) is 0 Å². The van der Waals surface area contributed by atoms with Crippen molar-refractivity contribution in [2.24, 2.45) is 0 Å².